The van der Waals surface area contributed by atoms with Crippen LogP contribution in [0.1, 0.15) is 24.1 Å². The first-order valence-corrected chi connectivity index (χ1v) is 5.26. The third-order valence-corrected chi connectivity index (χ3v) is 2.37. The SMILES string of the molecule is CCOC(=O)C(F)(F)[C@@H](N)c1ccc(C)cc1.Cl. The summed E-state index contributed by atoms with van der Waals surface area (Å²) in [4.78, 5) is 11.1. The molecule has 0 aliphatic carbocycles. The smallest absolute Gasteiger partial charge is 0.379 e. The lowest BCUT2D eigenvalue weighted by atomic mass is 10.0. The third kappa shape index (κ3) is 3.65. The van der Waals surface area contributed by atoms with Gasteiger partial charge in [-0.25, -0.2) is 4.79 Å². The first kappa shape index (κ1) is 16.8. The molecule has 0 bridgehead atoms. The number of ether oxygens (including phenoxy) is 1. The van der Waals surface area contributed by atoms with E-state index in [1.807, 2.05) is 6.92 Å². The molecule has 0 unspecified atom stereocenters. The van der Waals surface area contributed by atoms with Gasteiger partial charge in [-0.15, -0.1) is 12.4 Å². The molecule has 0 spiro atoms. The van der Waals surface area contributed by atoms with Gasteiger partial charge in [-0.3, -0.25) is 0 Å². The van der Waals surface area contributed by atoms with Crippen molar-refractivity contribution in [3.05, 3.63) is 35.4 Å². The molecule has 6 heteroatoms. The fourth-order valence-electron chi connectivity index (χ4n) is 1.34. The molecule has 1 rings (SSSR count). The molecule has 1 atom stereocenters. The van der Waals surface area contributed by atoms with Crippen LogP contribution in [-0.4, -0.2) is 18.5 Å². The minimum atomic E-state index is -3.72. The number of rotatable bonds is 4. The van der Waals surface area contributed by atoms with Crippen molar-refractivity contribution < 1.29 is 18.3 Å². The van der Waals surface area contributed by atoms with Gasteiger partial charge >= 0.3 is 11.9 Å². The Balaban J connectivity index is 0.00000289. The quantitative estimate of drug-likeness (QED) is 0.862. The Kier molecular flexibility index (Phi) is 6.21. The average Bonchev–Trinajstić information content (AvgIpc) is 2.29. The Labute approximate surface area is 111 Å². The Bertz CT molecular complexity index is 396. The number of esters is 1. The molecular weight excluding hydrogens is 264 g/mol. The normalized spacial score (nSPS) is 12.5. The van der Waals surface area contributed by atoms with E-state index in [2.05, 4.69) is 4.74 Å². The van der Waals surface area contributed by atoms with E-state index in [9.17, 15) is 13.6 Å². The van der Waals surface area contributed by atoms with E-state index in [1.165, 1.54) is 19.1 Å². The Morgan fingerprint density at radius 3 is 2.33 bits per heavy atom. The van der Waals surface area contributed by atoms with Crippen LogP contribution in [-0.2, 0) is 9.53 Å². The summed E-state index contributed by atoms with van der Waals surface area (Å²) in [6.45, 7) is 3.19. The summed E-state index contributed by atoms with van der Waals surface area (Å²) in [5, 5.41) is 0. The fourth-order valence-corrected chi connectivity index (χ4v) is 1.34. The maximum absolute atomic E-state index is 13.6. The summed E-state index contributed by atoms with van der Waals surface area (Å²) in [6, 6.07) is 4.59. The number of hydrogen-bond acceptors (Lipinski definition) is 3. The molecule has 0 aliphatic heterocycles. The van der Waals surface area contributed by atoms with Crippen molar-refractivity contribution in [1.82, 2.24) is 0 Å². The lowest BCUT2D eigenvalue weighted by Gasteiger charge is -2.21. The van der Waals surface area contributed by atoms with Gasteiger partial charge in [0.25, 0.3) is 0 Å². The van der Waals surface area contributed by atoms with Crippen LogP contribution in [0.25, 0.3) is 0 Å². The zero-order valence-electron chi connectivity index (χ0n) is 10.2. The molecule has 0 aromatic heterocycles. The number of nitrogens with two attached hydrogens (primary N) is 1. The fraction of sp³-hybridized carbons (Fsp3) is 0.417. The maximum atomic E-state index is 13.6. The van der Waals surface area contributed by atoms with Crippen molar-refractivity contribution in [3.8, 4) is 0 Å². The van der Waals surface area contributed by atoms with Crippen LogP contribution >= 0.6 is 12.4 Å². The standard InChI is InChI=1S/C12H15F2NO2.ClH/c1-3-17-11(16)12(13,14)10(15)9-6-4-8(2)5-7-9;/h4-7,10H,3,15H2,1-2H3;1H/t10-;/m0./s1. The number of carbonyl (C=O) groups is 1. The van der Waals surface area contributed by atoms with Gasteiger partial charge < -0.3 is 10.5 Å². The zero-order chi connectivity index (χ0) is 13.1. The molecule has 0 saturated heterocycles. The third-order valence-electron chi connectivity index (χ3n) is 2.37. The van der Waals surface area contributed by atoms with Gasteiger partial charge in [0.05, 0.1) is 6.61 Å². The number of alkyl halides is 2. The molecule has 0 heterocycles. The van der Waals surface area contributed by atoms with Crippen molar-refractivity contribution >= 4 is 18.4 Å². The number of carbonyl (C=O) groups excluding carboxylic acids is 1. The highest BCUT2D eigenvalue weighted by molar-refractivity contribution is 5.85. The Morgan fingerprint density at radius 1 is 1.39 bits per heavy atom. The molecule has 18 heavy (non-hydrogen) atoms. The van der Waals surface area contributed by atoms with E-state index >= 15 is 0 Å². The van der Waals surface area contributed by atoms with Crippen molar-refractivity contribution in [1.29, 1.82) is 0 Å². The van der Waals surface area contributed by atoms with Crippen molar-refractivity contribution in [2.24, 2.45) is 5.73 Å². The summed E-state index contributed by atoms with van der Waals surface area (Å²) in [7, 11) is 0. The van der Waals surface area contributed by atoms with Gasteiger partial charge in [0.15, 0.2) is 0 Å². The number of aryl methyl sites for hydroxylation is 1. The summed E-state index contributed by atoms with van der Waals surface area (Å²) in [6.07, 6.45) is 0. The molecule has 0 fully saturated rings. The molecule has 0 aliphatic rings. The predicted molar refractivity (Wildman–Crippen MR) is 66.9 cm³/mol. The van der Waals surface area contributed by atoms with E-state index in [-0.39, 0.29) is 24.6 Å². The molecule has 1 aromatic carbocycles. The van der Waals surface area contributed by atoms with Crippen LogP contribution in [0.15, 0.2) is 24.3 Å². The molecule has 2 N–H and O–H groups in total. The lowest BCUT2D eigenvalue weighted by molar-refractivity contribution is -0.174. The molecule has 102 valence electrons. The van der Waals surface area contributed by atoms with E-state index < -0.39 is 17.9 Å². The molecule has 0 amide bonds. The van der Waals surface area contributed by atoms with Gasteiger partial charge in [-0.05, 0) is 19.4 Å². The summed E-state index contributed by atoms with van der Waals surface area (Å²) >= 11 is 0. The van der Waals surface area contributed by atoms with Crippen LogP contribution in [0.3, 0.4) is 0 Å². The van der Waals surface area contributed by atoms with E-state index in [1.54, 1.807) is 12.1 Å². The van der Waals surface area contributed by atoms with Crippen molar-refractivity contribution in [3.63, 3.8) is 0 Å². The first-order chi connectivity index (χ1) is 7.89. The van der Waals surface area contributed by atoms with Crippen LogP contribution in [0.4, 0.5) is 8.78 Å². The van der Waals surface area contributed by atoms with Gasteiger partial charge in [-0.1, -0.05) is 29.8 Å². The molecule has 0 saturated carbocycles. The van der Waals surface area contributed by atoms with Crippen LogP contribution < -0.4 is 5.73 Å². The maximum Gasteiger partial charge on any atom is 0.379 e. The molecule has 0 radical (unpaired) electrons. The summed E-state index contributed by atoms with van der Waals surface area (Å²) in [5.74, 6) is -5.31. The molecule has 1 aromatic rings. The Morgan fingerprint density at radius 2 is 1.89 bits per heavy atom. The lowest BCUT2D eigenvalue weighted by Crippen LogP contribution is -2.41. The second-order valence-corrected chi connectivity index (χ2v) is 3.73. The topological polar surface area (TPSA) is 52.3 Å². The minimum absolute atomic E-state index is 0. The van der Waals surface area contributed by atoms with E-state index in [4.69, 9.17) is 5.73 Å². The molecular formula is C12H16ClF2NO2. The zero-order valence-corrected chi connectivity index (χ0v) is 11.0. The van der Waals surface area contributed by atoms with Gasteiger partial charge in [-0.2, -0.15) is 8.78 Å². The summed E-state index contributed by atoms with van der Waals surface area (Å²) in [5.41, 5.74) is 6.54. The van der Waals surface area contributed by atoms with E-state index in [0.717, 1.165) is 5.56 Å². The number of benzene rings is 1. The summed E-state index contributed by atoms with van der Waals surface area (Å²) < 4.78 is 31.5. The highest BCUT2D eigenvalue weighted by Gasteiger charge is 2.47. The van der Waals surface area contributed by atoms with Crippen molar-refractivity contribution in [2.45, 2.75) is 25.8 Å². The number of halogens is 3. The first-order valence-electron chi connectivity index (χ1n) is 5.26. The van der Waals surface area contributed by atoms with Crippen LogP contribution in [0, 0.1) is 6.92 Å². The predicted octanol–water partition coefficient (Wildman–Crippen LogP) is 2.62. The Hall–Kier alpha value is -1.20. The second kappa shape index (κ2) is 6.66. The van der Waals surface area contributed by atoms with Gasteiger partial charge in [0.2, 0.25) is 0 Å². The van der Waals surface area contributed by atoms with Crippen LogP contribution in [0.2, 0.25) is 0 Å². The van der Waals surface area contributed by atoms with Crippen LogP contribution in [0.5, 0.6) is 0 Å². The van der Waals surface area contributed by atoms with Crippen molar-refractivity contribution in [2.75, 3.05) is 6.61 Å². The highest BCUT2D eigenvalue weighted by atomic mass is 35.5. The van der Waals surface area contributed by atoms with Gasteiger partial charge in [0.1, 0.15) is 6.04 Å². The highest BCUT2D eigenvalue weighted by Crippen LogP contribution is 2.30. The van der Waals surface area contributed by atoms with E-state index in [0.29, 0.717) is 0 Å². The molecule has 3 nitrogen and oxygen atoms in total. The monoisotopic (exact) mass is 279 g/mol. The van der Waals surface area contributed by atoms with Gasteiger partial charge in [0, 0.05) is 0 Å². The minimum Gasteiger partial charge on any atom is -0.462 e. The second-order valence-electron chi connectivity index (χ2n) is 3.73. The largest absolute Gasteiger partial charge is 0.462 e. The average molecular weight is 280 g/mol. The number of hydrogen-bond donors (Lipinski definition) is 1.